The first-order chi connectivity index (χ1) is 8.74. The van der Waals surface area contributed by atoms with Crippen LogP contribution < -0.4 is 4.74 Å². The highest BCUT2D eigenvalue weighted by Gasteiger charge is 2.33. The van der Waals surface area contributed by atoms with Crippen molar-refractivity contribution in [3.05, 3.63) is 28.2 Å². The molecule has 1 N–H and O–H groups in total. The van der Waals surface area contributed by atoms with E-state index >= 15 is 0 Å². The SMILES string of the molecule is O[C@H]1CC(C2CCCCC2)Oc2cc(Br)ccc21. The van der Waals surface area contributed by atoms with E-state index in [-0.39, 0.29) is 12.2 Å². The minimum atomic E-state index is -0.367. The predicted octanol–water partition coefficient (Wildman–Crippen LogP) is 4.21. The summed E-state index contributed by atoms with van der Waals surface area (Å²) in [4.78, 5) is 0. The number of hydrogen-bond acceptors (Lipinski definition) is 2. The Bertz CT molecular complexity index is 427. The zero-order chi connectivity index (χ0) is 12.5. The van der Waals surface area contributed by atoms with Crippen molar-refractivity contribution in [3.63, 3.8) is 0 Å². The molecule has 1 saturated carbocycles. The highest BCUT2D eigenvalue weighted by atomic mass is 79.9. The fourth-order valence-electron chi connectivity index (χ4n) is 3.24. The maximum Gasteiger partial charge on any atom is 0.126 e. The van der Waals surface area contributed by atoms with E-state index in [1.54, 1.807) is 0 Å². The molecule has 1 aliphatic carbocycles. The molecular formula is C15H19BrO2. The molecular weight excluding hydrogens is 292 g/mol. The van der Waals surface area contributed by atoms with Gasteiger partial charge in [0.25, 0.3) is 0 Å². The zero-order valence-electron chi connectivity index (χ0n) is 10.4. The third kappa shape index (κ3) is 2.43. The van der Waals surface area contributed by atoms with E-state index in [0.29, 0.717) is 5.92 Å². The lowest BCUT2D eigenvalue weighted by molar-refractivity contribution is 0.0233. The molecule has 0 radical (unpaired) electrons. The summed E-state index contributed by atoms with van der Waals surface area (Å²) >= 11 is 3.46. The van der Waals surface area contributed by atoms with Gasteiger partial charge >= 0.3 is 0 Å². The smallest absolute Gasteiger partial charge is 0.126 e. The predicted molar refractivity (Wildman–Crippen MR) is 74.7 cm³/mol. The second-order valence-corrected chi connectivity index (χ2v) is 6.40. The lowest BCUT2D eigenvalue weighted by atomic mass is 9.81. The molecule has 2 nitrogen and oxygen atoms in total. The maximum absolute atomic E-state index is 10.3. The Kier molecular flexibility index (Phi) is 3.62. The van der Waals surface area contributed by atoms with Crippen LogP contribution in [0.1, 0.15) is 50.2 Å². The molecule has 0 bridgehead atoms. The van der Waals surface area contributed by atoms with Crippen molar-refractivity contribution in [2.45, 2.75) is 50.7 Å². The highest BCUT2D eigenvalue weighted by Crippen LogP contribution is 2.41. The van der Waals surface area contributed by atoms with Crippen LogP contribution in [-0.2, 0) is 0 Å². The molecule has 1 aromatic carbocycles. The van der Waals surface area contributed by atoms with E-state index in [2.05, 4.69) is 15.9 Å². The molecule has 1 unspecified atom stereocenters. The fourth-order valence-corrected chi connectivity index (χ4v) is 3.58. The monoisotopic (exact) mass is 310 g/mol. The summed E-state index contributed by atoms with van der Waals surface area (Å²) in [6.45, 7) is 0. The first kappa shape index (κ1) is 12.5. The van der Waals surface area contributed by atoms with Crippen LogP contribution in [0.5, 0.6) is 5.75 Å². The van der Waals surface area contributed by atoms with E-state index in [1.807, 2.05) is 18.2 Å². The van der Waals surface area contributed by atoms with E-state index in [0.717, 1.165) is 22.2 Å². The zero-order valence-corrected chi connectivity index (χ0v) is 12.0. The van der Waals surface area contributed by atoms with E-state index < -0.39 is 0 Å². The molecule has 0 spiro atoms. The molecule has 1 heterocycles. The van der Waals surface area contributed by atoms with Crippen LogP contribution in [0.15, 0.2) is 22.7 Å². The van der Waals surface area contributed by atoms with E-state index in [1.165, 1.54) is 32.1 Å². The van der Waals surface area contributed by atoms with Crippen molar-refractivity contribution in [2.24, 2.45) is 5.92 Å². The van der Waals surface area contributed by atoms with Gasteiger partial charge in [0.05, 0.1) is 6.10 Å². The van der Waals surface area contributed by atoms with Crippen molar-refractivity contribution in [3.8, 4) is 5.75 Å². The summed E-state index contributed by atoms with van der Waals surface area (Å²) in [5, 5.41) is 10.3. The van der Waals surface area contributed by atoms with Crippen LogP contribution in [0.4, 0.5) is 0 Å². The van der Waals surface area contributed by atoms with Crippen LogP contribution >= 0.6 is 15.9 Å². The molecule has 0 aromatic heterocycles. The van der Waals surface area contributed by atoms with Crippen LogP contribution in [0, 0.1) is 5.92 Å². The maximum atomic E-state index is 10.3. The van der Waals surface area contributed by atoms with Gasteiger partial charge in [-0.05, 0) is 30.9 Å². The standard InChI is InChI=1S/C15H19BrO2/c16-11-6-7-12-13(17)9-14(18-15(12)8-11)10-4-2-1-3-5-10/h6-8,10,13-14,17H,1-5,9H2/t13-,14?/m0/s1. The summed E-state index contributed by atoms with van der Waals surface area (Å²) in [6.07, 6.45) is 7.06. The molecule has 1 fully saturated rings. The Morgan fingerprint density at radius 2 is 1.94 bits per heavy atom. The molecule has 98 valence electrons. The van der Waals surface area contributed by atoms with E-state index in [9.17, 15) is 5.11 Å². The van der Waals surface area contributed by atoms with Gasteiger partial charge in [0.15, 0.2) is 0 Å². The topological polar surface area (TPSA) is 29.5 Å². The Morgan fingerprint density at radius 1 is 1.17 bits per heavy atom. The van der Waals surface area contributed by atoms with Gasteiger partial charge in [0.2, 0.25) is 0 Å². The van der Waals surface area contributed by atoms with E-state index in [4.69, 9.17) is 4.74 Å². The lowest BCUT2D eigenvalue weighted by Gasteiger charge is -2.36. The molecule has 0 saturated heterocycles. The molecule has 1 aromatic rings. The second kappa shape index (κ2) is 5.22. The van der Waals surface area contributed by atoms with Crippen LogP contribution in [-0.4, -0.2) is 11.2 Å². The minimum absolute atomic E-state index is 0.196. The average Bonchev–Trinajstić information content (AvgIpc) is 2.39. The number of aliphatic hydroxyl groups is 1. The number of rotatable bonds is 1. The largest absolute Gasteiger partial charge is 0.490 e. The van der Waals surface area contributed by atoms with Crippen molar-refractivity contribution in [1.29, 1.82) is 0 Å². The van der Waals surface area contributed by atoms with Crippen molar-refractivity contribution < 1.29 is 9.84 Å². The van der Waals surface area contributed by atoms with Crippen molar-refractivity contribution in [2.75, 3.05) is 0 Å². The summed E-state index contributed by atoms with van der Waals surface area (Å²) in [6, 6.07) is 5.90. The lowest BCUT2D eigenvalue weighted by Crippen LogP contribution is -2.34. The van der Waals surface area contributed by atoms with Gasteiger partial charge in [0, 0.05) is 16.5 Å². The number of halogens is 1. The summed E-state index contributed by atoms with van der Waals surface area (Å²) < 4.78 is 7.14. The minimum Gasteiger partial charge on any atom is -0.490 e. The number of fused-ring (bicyclic) bond motifs is 1. The Labute approximate surface area is 116 Å². The van der Waals surface area contributed by atoms with Gasteiger partial charge in [-0.2, -0.15) is 0 Å². The Morgan fingerprint density at radius 3 is 2.72 bits per heavy atom. The first-order valence-corrected chi connectivity index (χ1v) is 7.67. The summed E-state index contributed by atoms with van der Waals surface area (Å²) in [5.74, 6) is 1.49. The van der Waals surface area contributed by atoms with Crippen molar-refractivity contribution in [1.82, 2.24) is 0 Å². The van der Waals surface area contributed by atoms with Gasteiger partial charge in [0.1, 0.15) is 11.9 Å². The van der Waals surface area contributed by atoms with Crippen LogP contribution in [0.25, 0.3) is 0 Å². The third-order valence-electron chi connectivity index (χ3n) is 4.24. The van der Waals surface area contributed by atoms with Gasteiger partial charge in [-0.1, -0.05) is 41.3 Å². The third-order valence-corrected chi connectivity index (χ3v) is 4.74. The average molecular weight is 311 g/mol. The molecule has 0 amide bonds. The number of benzene rings is 1. The van der Waals surface area contributed by atoms with Gasteiger partial charge < -0.3 is 9.84 Å². The quantitative estimate of drug-likeness (QED) is 0.841. The summed E-state index contributed by atoms with van der Waals surface area (Å²) in [5.41, 5.74) is 0.935. The Balaban J connectivity index is 1.81. The summed E-state index contributed by atoms with van der Waals surface area (Å²) in [7, 11) is 0. The van der Waals surface area contributed by atoms with Gasteiger partial charge in [-0.3, -0.25) is 0 Å². The van der Waals surface area contributed by atoms with Gasteiger partial charge in [-0.25, -0.2) is 0 Å². The highest BCUT2D eigenvalue weighted by molar-refractivity contribution is 9.10. The van der Waals surface area contributed by atoms with Gasteiger partial charge in [-0.15, -0.1) is 0 Å². The number of hydrogen-bond donors (Lipinski definition) is 1. The van der Waals surface area contributed by atoms with Crippen LogP contribution in [0.2, 0.25) is 0 Å². The Hall–Kier alpha value is -0.540. The molecule has 3 heteroatoms. The first-order valence-electron chi connectivity index (χ1n) is 6.88. The number of ether oxygens (including phenoxy) is 1. The molecule has 3 rings (SSSR count). The fraction of sp³-hybridized carbons (Fsp3) is 0.600. The molecule has 1 aliphatic heterocycles. The number of aliphatic hydroxyl groups excluding tert-OH is 1. The van der Waals surface area contributed by atoms with Crippen LogP contribution in [0.3, 0.4) is 0 Å². The second-order valence-electron chi connectivity index (χ2n) is 5.49. The molecule has 18 heavy (non-hydrogen) atoms. The van der Waals surface area contributed by atoms with Crippen molar-refractivity contribution >= 4 is 15.9 Å². The normalized spacial score (nSPS) is 28.6. The molecule has 2 aliphatic rings. The molecule has 2 atom stereocenters.